The molecule has 0 radical (unpaired) electrons. The molecule has 4 nitrogen and oxygen atoms in total. The highest BCUT2D eigenvalue weighted by Gasteiger charge is 2.12. The molecule has 1 saturated heterocycles. The van der Waals surface area contributed by atoms with Gasteiger partial charge in [0.25, 0.3) is 0 Å². The number of nitrogens with one attached hydrogen (secondary N) is 1. The molecule has 0 aromatic carbocycles. The molecular formula is C12H19N3OS. The highest BCUT2D eigenvalue weighted by Crippen LogP contribution is 2.16. The summed E-state index contributed by atoms with van der Waals surface area (Å²) in [5.74, 6) is 0.895. The third-order valence-corrected chi connectivity index (χ3v) is 3.20. The number of aromatic amines is 1. The van der Waals surface area contributed by atoms with Gasteiger partial charge in [-0.25, -0.2) is 4.98 Å². The molecule has 1 aromatic rings. The minimum Gasteiger partial charge on any atom is -0.378 e. The minimum atomic E-state index is 0.549. The van der Waals surface area contributed by atoms with E-state index in [2.05, 4.69) is 14.9 Å². The fourth-order valence-electron chi connectivity index (χ4n) is 2.16. The Labute approximate surface area is 107 Å². The van der Waals surface area contributed by atoms with Crippen LogP contribution in [0.3, 0.4) is 0 Å². The zero-order chi connectivity index (χ0) is 12.1. The van der Waals surface area contributed by atoms with Gasteiger partial charge in [0.1, 0.15) is 4.64 Å². The average molecular weight is 253 g/mol. The van der Waals surface area contributed by atoms with Crippen molar-refractivity contribution in [2.75, 3.05) is 25.1 Å². The SMILES string of the molecule is COCc1cc(=S)nc(N2CCCCCC2)[nH]1. The molecule has 2 heterocycles. The quantitative estimate of drug-likeness (QED) is 0.841. The van der Waals surface area contributed by atoms with E-state index >= 15 is 0 Å². The zero-order valence-electron chi connectivity index (χ0n) is 10.2. The van der Waals surface area contributed by atoms with Crippen molar-refractivity contribution in [3.05, 3.63) is 16.4 Å². The molecule has 1 fully saturated rings. The second kappa shape index (κ2) is 6.12. The molecule has 2 rings (SSSR count). The summed E-state index contributed by atoms with van der Waals surface area (Å²) >= 11 is 5.19. The van der Waals surface area contributed by atoms with Crippen molar-refractivity contribution in [3.8, 4) is 0 Å². The lowest BCUT2D eigenvalue weighted by Gasteiger charge is -2.21. The number of rotatable bonds is 3. The summed E-state index contributed by atoms with van der Waals surface area (Å²) in [6.07, 6.45) is 5.09. The summed E-state index contributed by atoms with van der Waals surface area (Å²) < 4.78 is 5.76. The Kier molecular flexibility index (Phi) is 4.50. The highest BCUT2D eigenvalue weighted by atomic mass is 32.1. The van der Waals surface area contributed by atoms with Crippen LogP contribution in [0.5, 0.6) is 0 Å². The molecule has 1 N–H and O–H groups in total. The number of aromatic nitrogens is 2. The first-order valence-corrected chi connectivity index (χ1v) is 6.54. The second-order valence-corrected chi connectivity index (χ2v) is 4.82. The van der Waals surface area contributed by atoms with Crippen LogP contribution in [0.1, 0.15) is 31.4 Å². The predicted molar refractivity (Wildman–Crippen MR) is 70.8 cm³/mol. The van der Waals surface area contributed by atoms with Crippen LogP contribution in [-0.4, -0.2) is 30.2 Å². The van der Waals surface area contributed by atoms with Gasteiger partial charge in [0.05, 0.1) is 6.61 Å². The van der Waals surface area contributed by atoms with Crippen LogP contribution < -0.4 is 4.90 Å². The number of anilines is 1. The van der Waals surface area contributed by atoms with Crippen molar-refractivity contribution in [1.29, 1.82) is 0 Å². The molecule has 0 spiro atoms. The molecule has 0 aliphatic carbocycles. The van der Waals surface area contributed by atoms with Crippen LogP contribution in [0.2, 0.25) is 0 Å². The van der Waals surface area contributed by atoms with Gasteiger partial charge in [-0.05, 0) is 18.9 Å². The lowest BCUT2D eigenvalue weighted by atomic mass is 10.2. The Bertz CT molecular complexity index is 410. The van der Waals surface area contributed by atoms with Gasteiger partial charge in [0, 0.05) is 25.9 Å². The number of methoxy groups -OCH3 is 1. The molecule has 1 aliphatic rings. The molecule has 1 aromatic heterocycles. The van der Waals surface area contributed by atoms with Gasteiger partial charge in [-0.3, -0.25) is 0 Å². The third-order valence-electron chi connectivity index (χ3n) is 2.99. The van der Waals surface area contributed by atoms with E-state index in [1.165, 1.54) is 25.7 Å². The number of nitrogens with zero attached hydrogens (tertiary/aromatic N) is 2. The first-order chi connectivity index (χ1) is 8.29. The van der Waals surface area contributed by atoms with Gasteiger partial charge in [-0.1, -0.05) is 25.1 Å². The molecule has 94 valence electrons. The normalized spacial score (nSPS) is 16.9. The molecule has 0 amide bonds. The maximum atomic E-state index is 5.19. The molecule has 0 atom stereocenters. The molecular weight excluding hydrogens is 234 g/mol. The van der Waals surface area contributed by atoms with Crippen molar-refractivity contribution in [1.82, 2.24) is 9.97 Å². The van der Waals surface area contributed by atoms with E-state index in [1.807, 2.05) is 6.07 Å². The van der Waals surface area contributed by atoms with Gasteiger partial charge in [0.15, 0.2) is 0 Å². The number of H-pyrrole nitrogens is 1. The van der Waals surface area contributed by atoms with Gasteiger partial charge in [-0.2, -0.15) is 0 Å². The zero-order valence-corrected chi connectivity index (χ0v) is 11.1. The Hall–Kier alpha value is -0.940. The topological polar surface area (TPSA) is 41.1 Å². The lowest BCUT2D eigenvalue weighted by molar-refractivity contribution is 0.181. The van der Waals surface area contributed by atoms with E-state index in [1.54, 1.807) is 7.11 Å². The van der Waals surface area contributed by atoms with E-state index in [0.717, 1.165) is 24.7 Å². The summed E-state index contributed by atoms with van der Waals surface area (Å²) in [5, 5.41) is 0. The largest absolute Gasteiger partial charge is 0.378 e. The van der Waals surface area contributed by atoms with Gasteiger partial charge in [0.2, 0.25) is 5.95 Å². The Morgan fingerprint density at radius 3 is 2.71 bits per heavy atom. The van der Waals surface area contributed by atoms with Crippen molar-refractivity contribution in [2.24, 2.45) is 0 Å². The number of hydrogen-bond acceptors (Lipinski definition) is 4. The third kappa shape index (κ3) is 3.51. The van der Waals surface area contributed by atoms with Crippen LogP contribution >= 0.6 is 12.2 Å². The Morgan fingerprint density at radius 1 is 1.35 bits per heavy atom. The fourth-order valence-corrected chi connectivity index (χ4v) is 2.39. The van der Waals surface area contributed by atoms with E-state index in [9.17, 15) is 0 Å². The molecule has 1 aliphatic heterocycles. The highest BCUT2D eigenvalue weighted by molar-refractivity contribution is 7.71. The van der Waals surface area contributed by atoms with E-state index in [-0.39, 0.29) is 0 Å². The maximum absolute atomic E-state index is 5.19. The van der Waals surface area contributed by atoms with Gasteiger partial charge in [-0.15, -0.1) is 0 Å². The molecule has 17 heavy (non-hydrogen) atoms. The molecule has 5 heteroatoms. The van der Waals surface area contributed by atoms with Crippen LogP contribution in [-0.2, 0) is 11.3 Å². The molecule has 0 saturated carbocycles. The summed E-state index contributed by atoms with van der Waals surface area (Å²) in [6, 6.07) is 1.86. The smallest absolute Gasteiger partial charge is 0.204 e. The first kappa shape index (κ1) is 12.5. The van der Waals surface area contributed by atoms with Crippen molar-refractivity contribution < 1.29 is 4.74 Å². The molecule has 0 bridgehead atoms. The van der Waals surface area contributed by atoms with Gasteiger partial charge >= 0.3 is 0 Å². The van der Waals surface area contributed by atoms with Crippen molar-refractivity contribution in [3.63, 3.8) is 0 Å². The predicted octanol–water partition coefficient (Wildman–Crippen LogP) is 2.67. The van der Waals surface area contributed by atoms with E-state index < -0.39 is 0 Å². The van der Waals surface area contributed by atoms with Crippen LogP contribution in [0, 0.1) is 4.64 Å². The van der Waals surface area contributed by atoms with Gasteiger partial charge < -0.3 is 14.6 Å². The maximum Gasteiger partial charge on any atom is 0.204 e. The summed E-state index contributed by atoms with van der Waals surface area (Å²) in [7, 11) is 1.68. The minimum absolute atomic E-state index is 0.549. The van der Waals surface area contributed by atoms with E-state index in [0.29, 0.717) is 11.2 Å². The van der Waals surface area contributed by atoms with Crippen molar-refractivity contribution in [2.45, 2.75) is 32.3 Å². The van der Waals surface area contributed by atoms with Crippen LogP contribution in [0.15, 0.2) is 6.07 Å². The number of hydrogen-bond donors (Lipinski definition) is 1. The summed E-state index contributed by atoms with van der Waals surface area (Å²) in [5.41, 5.74) is 0.992. The summed E-state index contributed by atoms with van der Waals surface area (Å²) in [4.78, 5) is 10.0. The summed E-state index contributed by atoms with van der Waals surface area (Å²) in [6.45, 7) is 2.68. The molecule has 0 unspecified atom stereocenters. The monoisotopic (exact) mass is 253 g/mol. The first-order valence-electron chi connectivity index (χ1n) is 6.14. The van der Waals surface area contributed by atoms with E-state index in [4.69, 9.17) is 17.0 Å². The second-order valence-electron chi connectivity index (χ2n) is 4.40. The fraction of sp³-hybridized carbons (Fsp3) is 0.667. The average Bonchev–Trinajstić information content (AvgIpc) is 2.57. The Morgan fingerprint density at radius 2 is 2.06 bits per heavy atom. The standard InChI is InChI=1S/C12H19N3OS/c1-16-9-10-8-11(17)14-12(13-10)15-6-4-2-3-5-7-15/h8H,2-7,9H2,1H3,(H,13,14,17). The lowest BCUT2D eigenvalue weighted by Crippen LogP contribution is -2.26. The van der Waals surface area contributed by atoms with Crippen LogP contribution in [0.4, 0.5) is 5.95 Å². The Balaban J connectivity index is 2.20. The van der Waals surface area contributed by atoms with Crippen LogP contribution in [0.25, 0.3) is 0 Å². The van der Waals surface area contributed by atoms with Crippen molar-refractivity contribution >= 4 is 18.2 Å². The number of ether oxygens (including phenoxy) is 1.